The van der Waals surface area contributed by atoms with E-state index in [1.54, 1.807) is 0 Å². The minimum atomic E-state index is 0.274. The summed E-state index contributed by atoms with van der Waals surface area (Å²) < 4.78 is 5.28. The highest BCUT2D eigenvalue weighted by molar-refractivity contribution is 5.78. The van der Waals surface area contributed by atoms with Crippen LogP contribution in [0.2, 0.25) is 0 Å². The van der Waals surface area contributed by atoms with Crippen LogP contribution in [0.1, 0.15) is 19.3 Å². The van der Waals surface area contributed by atoms with Crippen LogP contribution in [0.4, 0.5) is 0 Å². The second kappa shape index (κ2) is 5.55. The summed E-state index contributed by atoms with van der Waals surface area (Å²) in [6, 6.07) is 1.30. The zero-order valence-electron chi connectivity index (χ0n) is 10.9. The van der Waals surface area contributed by atoms with Crippen molar-refractivity contribution in [3.05, 3.63) is 0 Å². The summed E-state index contributed by atoms with van der Waals surface area (Å²) >= 11 is 0. The van der Waals surface area contributed by atoms with Gasteiger partial charge in [-0.05, 0) is 19.3 Å². The zero-order valence-corrected chi connectivity index (χ0v) is 10.9. The summed E-state index contributed by atoms with van der Waals surface area (Å²) in [5.41, 5.74) is 0. The number of ether oxygens (including phenoxy) is 1. The van der Waals surface area contributed by atoms with Gasteiger partial charge in [-0.3, -0.25) is 9.69 Å². The molecule has 0 aromatic carbocycles. The van der Waals surface area contributed by atoms with E-state index in [0.717, 1.165) is 26.2 Å². The molecule has 0 saturated carbocycles. The molecule has 102 valence electrons. The Hall–Kier alpha value is -0.650. The second-order valence-corrected chi connectivity index (χ2v) is 5.65. The number of carbonyl (C=O) groups is 1. The molecule has 3 rings (SSSR count). The third kappa shape index (κ3) is 2.84. The number of nitrogens with zero attached hydrogens (tertiary/aromatic N) is 2. The van der Waals surface area contributed by atoms with Crippen LogP contribution >= 0.6 is 0 Å². The summed E-state index contributed by atoms with van der Waals surface area (Å²) in [4.78, 5) is 16.5. The first kappa shape index (κ1) is 12.4. The van der Waals surface area contributed by atoms with Gasteiger partial charge >= 0.3 is 0 Å². The zero-order chi connectivity index (χ0) is 12.4. The van der Waals surface area contributed by atoms with Gasteiger partial charge in [0.1, 0.15) is 0 Å². The highest BCUT2D eigenvalue weighted by Crippen LogP contribution is 2.20. The predicted molar refractivity (Wildman–Crippen MR) is 68.4 cm³/mol. The maximum absolute atomic E-state index is 12.2. The van der Waals surface area contributed by atoms with Crippen molar-refractivity contribution >= 4 is 5.91 Å². The topological polar surface area (TPSA) is 44.8 Å². The first-order valence-electron chi connectivity index (χ1n) is 7.15. The molecule has 0 aromatic rings. The van der Waals surface area contributed by atoms with Crippen molar-refractivity contribution in [1.82, 2.24) is 15.1 Å². The van der Waals surface area contributed by atoms with Crippen LogP contribution in [-0.2, 0) is 9.53 Å². The summed E-state index contributed by atoms with van der Waals surface area (Å²) in [5, 5.41) is 3.65. The molecule has 1 N–H and O–H groups in total. The van der Waals surface area contributed by atoms with Gasteiger partial charge in [-0.15, -0.1) is 0 Å². The molecule has 5 heteroatoms. The first-order valence-corrected chi connectivity index (χ1v) is 7.15. The Balaban J connectivity index is 1.50. The highest BCUT2D eigenvalue weighted by atomic mass is 16.5. The van der Waals surface area contributed by atoms with Gasteiger partial charge in [0.05, 0.1) is 19.8 Å². The number of hydrogen-bond acceptors (Lipinski definition) is 4. The Morgan fingerprint density at radius 2 is 1.89 bits per heavy atom. The van der Waals surface area contributed by atoms with Crippen LogP contribution in [0, 0.1) is 0 Å². The molecule has 3 fully saturated rings. The summed E-state index contributed by atoms with van der Waals surface area (Å²) in [7, 11) is 0. The van der Waals surface area contributed by atoms with Gasteiger partial charge in [0.2, 0.25) is 5.91 Å². The molecule has 3 aliphatic heterocycles. The lowest BCUT2D eigenvalue weighted by Crippen LogP contribution is -2.47. The molecule has 3 aliphatic rings. The number of likely N-dealkylation sites (tertiary alicyclic amines) is 1. The lowest BCUT2D eigenvalue weighted by atomic mass is 10.1. The van der Waals surface area contributed by atoms with Crippen molar-refractivity contribution < 1.29 is 9.53 Å². The Morgan fingerprint density at radius 3 is 2.72 bits per heavy atom. The van der Waals surface area contributed by atoms with Gasteiger partial charge in [-0.1, -0.05) is 0 Å². The van der Waals surface area contributed by atoms with E-state index in [-0.39, 0.29) is 5.91 Å². The molecule has 18 heavy (non-hydrogen) atoms. The van der Waals surface area contributed by atoms with E-state index in [1.807, 2.05) is 4.90 Å². The summed E-state index contributed by atoms with van der Waals surface area (Å²) in [6.45, 7) is 5.59. The number of carbonyl (C=O) groups excluding carboxylic acids is 1. The fourth-order valence-corrected chi connectivity index (χ4v) is 3.26. The molecule has 5 nitrogen and oxygen atoms in total. The lowest BCUT2D eigenvalue weighted by Gasteiger charge is -2.30. The second-order valence-electron chi connectivity index (χ2n) is 5.65. The van der Waals surface area contributed by atoms with E-state index < -0.39 is 0 Å². The van der Waals surface area contributed by atoms with E-state index in [1.165, 1.54) is 19.3 Å². The molecule has 0 spiro atoms. The number of nitrogens with one attached hydrogen (secondary N) is 1. The Morgan fingerprint density at radius 1 is 1.11 bits per heavy atom. The van der Waals surface area contributed by atoms with Crippen LogP contribution in [0.25, 0.3) is 0 Å². The maximum Gasteiger partial charge on any atom is 0.236 e. The minimum Gasteiger partial charge on any atom is -0.378 e. The molecule has 1 amide bonds. The molecule has 2 atom stereocenters. The Kier molecular flexibility index (Phi) is 3.82. The minimum absolute atomic E-state index is 0.274. The highest BCUT2D eigenvalue weighted by Gasteiger charge is 2.30. The number of fused-ring (bicyclic) bond motifs is 2. The molecule has 3 saturated heterocycles. The van der Waals surface area contributed by atoms with Crippen LogP contribution in [0.5, 0.6) is 0 Å². The largest absolute Gasteiger partial charge is 0.378 e. The Bertz CT molecular complexity index is 305. The van der Waals surface area contributed by atoms with Gasteiger partial charge in [0.15, 0.2) is 0 Å². The molecule has 0 aromatic heterocycles. The number of amides is 1. The van der Waals surface area contributed by atoms with Gasteiger partial charge in [-0.2, -0.15) is 0 Å². The summed E-state index contributed by atoms with van der Waals surface area (Å²) in [6.07, 6.45) is 3.77. The van der Waals surface area contributed by atoms with Crippen LogP contribution in [0.15, 0.2) is 0 Å². The normalized spacial score (nSPS) is 33.4. The van der Waals surface area contributed by atoms with Crippen molar-refractivity contribution in [2.75, 3.05) is 45.9 Å². The van der Waals surface area contributed by atoms with Crippen LogP contribution in [-0.4, -0.2) is 73.7 Å². The number of morpholine rings is 1. The average Bonchev–Trinajstić information content (AvgIpc) is 2.74. The molecule has 2 unspecified atom stereocenters. The molecule has 0 aliphatic carbocycles. The summed E-state index contributed by atoms with van der Waals surface area (Å²) in [5.74, 6) is 0.274. The van der Waals surface area contributed by atoms with Gasteiger partial charge in [0.25, 0.3) is 0 Å². The third-order valence-corrected chi connectivity index (χ3v) is 4.33. The van der Waals surface area contributed by atoms with E-state index in [0.29, 0.717) is 31.8 Å². The van der Waals surface area contributed by atoms with Crippen molar-refractivity contribution in [2.45, 2.75) is 31.3 Å². The smallest absolute Gasteiger partial charge is 0.236 e. The number of hydrogen-bond donors (Lipinski definition) is 1. The van der Waals surface area contributed by atoms with Gasteiger partial charge in [0, 0.05) is 38.3 Å². The molecule has 3 heterocycles. The molecular formula is C13H23N3O2. The van der Waals surface area contributed by atoms with E-state index in [9.17, 15) is 4.79 Å². The SMILES string of the molecule is O=C(CN1CCC2CCC(C1)N2)N1CCOCC1. The molecular weight excluding hydrogens is 230 g/mol. The first-order chi connectivity index (χ1) is 8.81. The van der Waals surface area contributed by atoms with Crippen LogP contribution in [0.3, 0.4) is 0 Å². The van der Waals surface area contributed by atoms with Crippen molar-refractivity contribution in [1.29, 1.82) is 0 Å². The predicted octanol–water partition coefficient (Wildman–Crippen LogP) is -0.328. The molecule has 2 bridgehead atoms. The fourth-order valence-electron chi connectivity index (χ4n) is 3.26. The monoisotopic (exact) mass is 253 g/mol. The van der Waals surface area contributed by atoms with Crippen molar-refractivity contribution in [3.63, 3.8) is 0 Å². The van der Waals surface area contributed by atoms with Crippen molar-refractivity contribution in [2.24, 2.45) is 0 Å². The quantitative estimate of drug-likeness (QED) is 0.732. The van der Waals surface area contributed by atoms with Gasteiger partial charge in [-0.25, -0.2) is 0 Å². The van der Waals surface area contributed by atoms with E-state index in [4.69, 9.17) is 4.74 Å². The third-order valence-electron chi connectivity index (χ3n) is 4.33. The van der Waals surface area contributed by atoms with E-state index >= 15 is 0 Å². The Labute approximate surface area is 108 Å². The van der Waals surface area contributed by atoms with Crippen LogP contribution < -0.4 is 5.32 Å². The molecule has 0 radical (unpaired) electrons. The van der Waals surface area contributed by atoms with Crippen molar-refractivity contribution in [3.8, 4) is 0 Å². The maximum atomic E-state index is 12.2. The van der Waals surface area contributed by atoms with E-state index in [2.05, 4.69) is 10.2 Å². The average molecular weight is 253 g/mol. The fraction of sp³-hybridized carbons (Fsp3) is 0.923. The lowest BCUT2D eigenvalue weighted by molar-refractivity contribution is -0.136. The number of rotatable bonds is 2. The standard InChI is InChI=1S/C13H23N3O2/c17-13(16-5-7-18-8-6-16)10-15-4-3-11-1-2-12(9-15)14-11/h11-12,14H,1-10H2. The van der Waals surface area contributed by atoms with Gasteiger partial charge < -0.3 is 15.0 Å².